The highest BCUT2D eigenvalue weighted by atomic mass is 16.5. The van der Waals surface area contributed by atoms with E-state index in [0.29, 0.717) is 17.2 Å². The fourth-order valence-electron chi connectivity index (χ4n) is 2.28. The van der Waals surface area contributed by atoms with Crippen LogP contribution < -0.4 is 15.6 Å². The molecule has 2 N–H and O–H groups in total. The Morgan fingerprint density at radius 3 is 3.00 bits per heavy atom. The third-order valence-corrected chi connectivity index (χ3v) is 3.41. The molecule has 0 saturated carbocycles. The van der Waals surface area contributed by atoms with E-state index in [1.807, 2.05) is 6.92 Å². The lowest BCUT2D eigenvalue weighted by atomic mass is 10.2. The first-order valence-corrected chi connectivity index (χ1v) is 7.45. The van der Waals surface area contributed by atoms with Crippen molar-refractivity contribution in [1.29, 1.82) is 0 Å². The van der Waals surface area contributed by atoms with E-state index >= 15 is 0 Å². The van der Waals surface area contributed by atoms with Crippen molar-refractivity contribution < 1.29 is 9.53 Å². The van der Waals surface area contributed by atoms with Crippen molar-refractivity contribution in [2.75, 3.05) is 6.61 Å². The number of rotatable bonds is 5. The third-order valence-electron chi connectivity index (χ3n) is 3.41. The van der Waals surface area contributed by atoms with E-state index in [2.05, 4.69) is 20.4 Å². The Balaban J connectivity index is 1.67. The number of hydrogen-bond donors (Lipinski definition) is 2. The van der Waals surface area contributed by atoms with Gasteiger partial charge in [-0.1, -0.05) is 6.07 Å². The number of carbonyl (C=O) groups is 1. The summed E-state index contributed by atoms with van der Waals surface area (Å²) >= 11 is 0. The number of ether oxygens (including phenoxy) is 1. The zero-order valence-electron chi connectivity index (χ0n) is 13.3. The van der Waals surface area contributed by atoms with Crippen LogP contribution in [0.15, 0.2) is 41.3 Å². The van der Waals surface area contributed by atoms with Crippen molar-refractivity contribution >= 4 is 11.6 Å². The Labute approximate surface area is 137 Å². The average molecular weight is 327 g/mol. The molecule has 1 amide bonds. The molecular weight excluding hydrogens is 310 g/mol. The van der Waals surface area contributed by atoms with Crippen LogP contribution >= 0.6 is 0 Å². The molecule has 0 unspecified atom stereocenters. The second-order valence-electron chi connectivity index (χ2n) is 5.40. The number of hydrogen-bond acceptors (Lipinski definition) is 5. The zero-order valence-corrected chi connectivity index (χ0v) is 13.3. The van der Waals surface area contributed by atoms with E-state index in [1.165, 1.54) is 10.6 Å². The number of carbonyl (C=O) groups excluding carboxylic acids is 1. The lowest BCUT2D eigenvalue weighted by Crippen LogP contribution is -2.32. The fraction of sp³-hybridized carbons (Fsp3) is 0.250. The summed E-state index contributed by atoms with van der Waals surface area (Å²) in [6.07, 6.45) is 1.58. The van der Waals surface area contributed by atoms with Crippen molar-refractivity contribution in [3.63, 3.8) is 0 Å². The molecule has 1 atom stereocenters. The minimum Gasteiger partial charge on any atom is -0.468 e. The SMILES string of the molecule is Cc1cc2nc([C@@H](C)NC(=O)COc3ccccn3)cc(=O)n2[nH]1. The van der Waals surface area contributed by atoms with Gasteiger partial charge in [-0.25, -0.2) is 14.5 Å². The predicted octanol–water partition coefficient (Wildman–Crippen LogP) is 0.982. The van der Waals surface area contributed by atoms with E-state index in [0.717, 1.165) is 5.69 Å². The second-order valence-corrected chi connectivity index (χ2v) is 5.40. The lowest BCUT2D eigenvalue weighted by molar-refractivity contribution is -0.123. The molecule has 8 nitrogen and oxygen atoms in total. The molecule has 0 fully saturated rings. The minimum absolute atomic E-state index is 0.161. The van der Waals surface area contributed by atoms with Crippen LogP contribution in [0, 0.1) is 6.92 Å². The van der Waals surface area contributed by atoms with Gasteiger partial charge in [0.05, 0.1) is 11.7 Å². The molecule has 3 rings (SSSR count). The lowest BCUT2D eigenvalue weighted by Gasteiger charge is -2.13. The smallest absolute Gasteiger partial charge is 0.272 e. The second kappa shape index (κ2) is 6.53. The maximum atomic E-state index is 12.1. The van der Waals surface area contributed by atoms with Crippen molar-refractivity contribution in [2.45, 2.75) is 19.9 Å². The molecule has 3 heterocycles. The standard InChI is InChI=1S/C16H17N5O3/c1-10-7-13-19-12(8-16(23)21(13)20-10)11(2)18-14(22)9-24-15-5-3-4-6-17-15/h3-8,11,20H,9H2,1-2H3,(H,18,22)/t11-/m1/s1. The summed E-state index contributed by atoms with van der Waals surface area (Å²) in [5.74, 6) is 0.0568. The highest BCUT2D eigenvalue weighted by Crippen LogP contribution is 2.10. The predicted molar refractivity (Wildman–Crippen MR) is 86.8 cm³/mol. The summed E-state index contributed by atoms with van der Waals surface area (Å²) < 4.78 is 6.65. The number of pyridine rings is 1. The Morgan fingerprint density at radius 1 is 1.42 bits per heavy atom. The first-order valence-electron chi connectivity index (χ1n) is 7.45. The maximum Gasteiger partial charge on any atom is 0.272 e. The van der Waals surface area contributed by atoms with Crippen LogP contribution in [0.4, 0.5) is 0 Å². The van der Waals surface area contributed by atoms with Gasteiger partial charge in [0.25, 0.3) is 11.5 Å². The molecule has 24 heavy (non-hydrogen) atoms. The van der Waals surface area contributed by atoms with Crippen LogP contribution in [-0.2, 0) is 4.79 Å². The van der Waals surface area contributed by atoms with Crippen LogP contribution in [0.1, 0.15) is 24.4 Å². The van der Waals surface area contributed by atoms with Gasteiger partial charge in [-0.3, -0.25) is 14.7 Å². The van der Waals surface area contributed by atoms with Gasteiger partial charge < -0.3 is 10.1 Å². The monoisotopic (exact) mass is 327 g/mol. The Morgan fingerprint density at radius 2 is 2.25 bits per heavy atom. The summed E-state index contributed by atoms with van der Waals surface area (Å²) in [6.45, 7) is 3.44. The summed E-state index contributed by atoms with van der Waals surface area (Å²) in [5, 5.41) is 5.65. The number of amides is 1. The zero-order chi connectivity index (χ0) is 17.1. The summed E-state index contributed by atoms with van der Waals surface area (Å²) in [4.78, 5) is 32.4. The van der Waals surface area contributed by atoms with Crippen molar-refractivity contribution in [1.82, 2.24) is 24.9 Å². The first-order chi connectivity index (χ1) is 11.5. The normalized spacial score (nSPS) is 12.1. The summed E-state index contributed by atoms with van der Waals surface area (Å²) in [7, 11) is 0. The van der Waals surface area contributed by atoms with Crippen molar-refractivity contribution in [3.8, 4) is 5.88 Å². The highest BCUT2D eigenvalue weighted by molar-refractivity contribution is 5.77. The number of nitrogens with zero attached hydrogens (tertiary/aromatic N) is 3. The molecule has 0 aliphatic carbocycles. The van der Waals surface area contributed by atoms with E-state index in [9.17, 15) is 9.59 Å². The van der Waals surface area contributed by atoms with Crippen molar-refractivity contribution in [3.05, 3.63) is 58.3 Å². The largest absolute Gasteiger partial charge is 0.468 e. The van der Waals surface area contributed by atoms with Crippen molar-refractivity contribution in [2.24, 2.45) is 0 Å². The highest BCUT2D eigenvalue weighted by Gasteiger charge is 2.14. The molecule has 124 valence electrons. The Kier molecular flexibility index (Phi) is 4.28. The molecule has 0 aromatic carbocycles. The van der Waals surface area contributed by atoms with E-state index in [-0.39, 0.29) is 18.1 Å². The van der Waals surface area contributed by atoms with Crippen LogP contribution in [0.3, 0.4) is 0 Å². The quantitative estimate of drug-likeness (QED) is 0.727. The Bertz CT molecular complexity index is 916. The number of nitrogens with one attached hydrogen (secondary N) is 2. The van der Waals surface area contributed by atoms with Gasteiger partial charge in [-0.05, 0) is 19.9 Å². The van der Waals surface area contributed by atoms with Gasteiger partial charge >= 0.3 is 0 Å². The molecular formula is C16H17N5O3. The van der Waals surface area contributed by atoms with Gasteiger partial charge in [0.15, 0.2) is 12.3 Å². The molecule has 0 saturated heterocycles. The number of aryl methyl sites for hydroxylation is 1. The molecule has 8 heteroatoms. The summed E-state index contributed by atoms with van der Waals surface area (Å²) in [6, 6.07) is 7.95. The van der Waals surface area contributed by atoms with Crippen LogP contribution in [-0.4, -0.2) is 32.1 Å². The first kappa shape index (κ1) is 15.7. The van der Waals surface area contributed by atoms with Gasteiger partial charge in [0, 0.05) is 30.1 Å². The Hall–Kier alpha value is -3.16. The van der Waals surface area contributed by atoms with E-state index < -0.39 is 6.04 Å². The van der Waals surface area contributed by atoms with Crippen LogP contribution in [0.25, 0.3) is 5.65 Å². The number of aromatic nitrogens is 4. The van der Waals surface area contributed by atoms with Crippen LogP contribution in [0.5, 0.6) is 5.88 Å². The van der Waals surface area contributed by atoms with E-state index in [4.69, 9.17) is 4.74 Å². The topological polar surface area (TPSA) is 101 Å². The molecule has 3 aromatic rings. The molecule has 0 aliphatic rings. The third kappa shape index (κ3) is 3.43. The molecule has 3 aromatic heterocycles. The number of H-pyrrole nitrogens is 1. The van der Waals surface area contributed by atoms with E-state index in [1.54, 1.807) is 37.4 Å². The van der Waals surface area contributed by atoms with Crippen LogP contribution in [0.2, 0.25) is 0 Å². The van der Waals surface area contributed by atoms with Gasteiger partial charge in [0.2, 0.25) is 5.88 Å². The molecule has 0 radical (unpaired) electrons. The maximum absolute atomic E-state index is 12.1. The van der Waals surface area contributed by atoms with Gasteiger partial charge in [-0.15, -0.1) is 0 Å². The molecule has 0 aliphatic heterocycles. The fourth-order valence-corrected chi connectivity index (χ4v) is 2.28. The average Bonchev–Trinajstić information content (AvgIpc) is 2.95. The number of fused-ring (bicyclic) bond motifs is 1. The van der Waals surface area contributed by atoms with Gasteiger partial charge in [-0.2, -0.15) is 0 Å². The number of aromatic amines is 1. The summed E-state index contributed by atoms with van der Waals surface area (Å²) in [5.41, 5.74) is 1.61. The minimum atomic E-state index is -0.419. The molecule has 0 bridgehead atoms. The van der Waals surface area contributed by atoms with Gasteiger partial charge in [0.1, 0.15) is 0 Å². The molecule has 0 spiro atoms.